The van der Waals surface area contributed by atoms with Gasteiger partial charge in [-0.3, -0.25) is 0 Å². The van der Waals surface area contributed by atoms with Crippen LogP contribution in [0.5, 0.6) is 5.75 Å². The third-order valence-corrected chi connectivity index (χ3v) is 3.53. The van der Waals surface area contributed by atoms with Crippen molar-refractivity contribution < 1.29 is 4.74 Å². The number of rotatable bonds is 4. The first-order valence-corrected chi connectivity index (χ1v) is 8.16. The lowest BCUT2D eigenvalue weighted by Crippen LogP contribution is -1.97. The molecule has 0 fully saturated rings. The smallest absolute Gasteiger partial charge is 0.123 e. The van der Waals surface area contributed by atoms with Crippen molar-refractivity contribution in [1.29, 1.82) is 0 Å². The largest absolute Gasteiger partial charge is 0.489 e. The molecule has 3 rings (SSSR count). The van der Waals surface area contributed by atoms with Gasteiger partial charge in [0.05, 0.1) is 0 Å². The Labute approximate surface area is 139 Å². The molecule has 0 saturated carbocycles. The maximum atomic E-state index is 5.98. The Morgan fingerprint density at radius 2 is 1.30 bits per heavy atom. The van der Waals surface area contributed by atoms with E-state index >= 15 is 0 Å². The van der Waals surface area contributed by atoms with Crippen molar-refractivity contribution in [3.63, 3.8) is 0 Å². The summed E-state index contributed by atoms with van der Waals surface area (Å²) in [6.07, 6.45) is 0. The Morgan fingerprint density at radius 3 is 1.96 bits per heavy atom. The van der Waals surface area contributed by atoms with Gasteiger partial charge < -0.3 is 4.74 Å². The summed E-state index contributed by atoms with van der Waals surface area (Å²) in [7, 11) is 0. The van der Waals surface area contributed by atoms with Crippen LogP contribution in [-0.2, 0) is 6.61 Å². The van der Waals surface area contributed by atoms with E-state index < -0.39 is 0 Å². The molecule has 0 aliphatic heterocycles. The molecule has 0 spiro atoms. The van der Waals surface area contributed by atoms with Crippen LogP contribution in [-0.4, -0.2) is 0 Å². The second kappa shape index (κ2) is 8.79. The molecule has 0 radical (unpaired) electrons. The van der Waals surface area contributed by atoms with Crippen LogP contribution in [0.15, 0.2) is 78.9 Å². The lowest BCUT2D eigenvalue weighted by Gasteiger charge is -2.11. The summed E-state index contributed by atoms with van der Waals surface area (Å²) in [5.74, 6) is 0.945. The van der Waals surface area contributed by atoms with Crippen LogP contribution in [0.25, 0.3) is 11.1 Å². The molecule has 0 bridgehead atoms. The Morgan fingerprint density at radius 1 is 0.696 bits per heavy atom. The minimum Gasteiger partial charge on any atom is -0.489 e. The number of benzene rings is 3. The second-order valence-corrected chi connectivity index (χ2v) is 5.12. The molecule has 3 aromatic rings. The molecular formula is C22H24O. The fraction of sp³-hybridized carbons (Fsp3) is 0.182. The molecule has 0 aliphatic rings. The average Bonchev–Trinajstić information content (AvgIpc) is 2.64. The van der Waals surface area contributed by atoms with E-state index in [0.717, 1.165) is 11.3 Å². The van der Waals surface area contributed by atoms with E-state index in [1.165, 1.54) is 16.7 Å². The molecular weight excluding hydrogens is 280 g/mol. The highest BCUT2D eigenvalue weighted by molar-refractivity contribution is 5.65. The van der Waals surface area contributed by atoms with Crippen molar-refractivity contribution in [2.45, 2.75) is 27.4 Å². The van der Waals surface area contributed by atoms with Crippen molar-refractivity contribution in [3.8, 4) is 16.9 Å². The lowest BCUT2D eigenvalue weighted by atomic mass is 10.0. The van der Waals surface area contributed by atoms with Gasteiger partial charge in [-0.1, -0.05) is 86.6 Å². The SMILES string of the molecule is CC.Cc1ccc(-c2ccccc2)cc1OCc1ccccc1. The molecule has 0 heterocycles. The van der Waals surface area contributed by atoms with E-state index in [1.54, 1.807) is 0 Å². The monoisotopic (exact) mass is 304 g/mol. The summed E-state index contributed by atoms with van der Waals surface area (Å²) >= 11 is 0. The third-order valence-electron chi connectivity index (χ3n) is 3.53. The number of aryl methyl sites for hydroxylation is 1. The van der Waals surface area contributed by atoms with Gasteiger partial charge in [0.1, 0.15) is 12.4 Å². The van der Waals surface area contributed by atoms with E-state index in [0.29, 0.717) is 6.61 Å². The Balaban J connectivity index is 0.000000924. The fourth-order valence-electron chi connectivity index (χ4n) is 2.30. The van der Waals surface area contributed by atoms with Gasteiger partial charge in [-0.25, -0.2) is 0 Å². The minimum absolute atomic E-state index is 0.597. The van der Waals surface area contributed by atoms with Crippen molar-refractivity contribution in [2.24, 2.45) is 0 Å². The maximum absolute atomic E-state index is 5.98. The van der Waals surface area contributed by atoms with Crippen molar-refractivity contribution in [3.05, 3.63) is 90.0 Å². The standard InChI is InChI=1S/C20H18O.C2H6/c1-16-12-13-19(18-10-6-3-7-11-18)14-20(16)21-15-17-8-4-2-5-9-17;1-2/h2-14H,15H2,1H3;1-2H3. The highest BCUT2D eigenvalue weighted by Crippen LogP contribution is 2.27. The molecule has 0 saturated heterocycles. The predicted molar refractivity (Wildman–Crippen MR) is 98.7 cm³/mol. The molecule has 0 unspecified atom stereocenters. The summed E-state index contributed by atoms with van der Waals surface area (Å²) < 4.78 is 5.98. The van der Waals surface area contributed by atoms with Gasteiger partial charge in [0.25, 0.3) is 0 Å². The van der Waals surface area contributed by atoms with Gasteiger partial charge in [0.2, 0.25) is 0 Å². The predicted octanol–water partition coefficient (Wildman–Crippen LogP) is 6.27. The van der Waals surface area contributed by atoms with Crippen LogP contribution in [0.4, 0.5) is 0 Å². The summed E-state index contributed by atoms with van der Waals surface area (Å²) in [6, 6.07) is 27.0. The zero-order chi connectivity index (χ0) is 16.5. The van der Waals surface area contributed by atoms with E-state index in [-0.39, 0.29) is 0 Å². The molecule has 0 aliphatic carbocycles. The van der Waals surface area contributed by atoms with Gasteiger partial charge in [0, 0.05) is 0 Å². The zero-order valence-electron chi connectivity index (χ0n) is 14.1. The van der Waals surface area contributed by atoms with Gasteiger partial charge in [0.15, 0.2) is 0 Å². The Hall–Kier alpha value is -2.54. The van der Waals surface area contributed by atoms with Crippen LogP contribution in [0.2, 0.25) is 0 Å². The van der Waals surface area contributed by atoms with Crippen LogP contribution in [0.1, 0.15) is 25.0 Å². The van der Waals surface area contributed by atoms with Crippen LogP contribution in [0, 0.1) is 6.92 Å². The third kappa shape index (κ3) is 4.72. The number of hydrogen-bond acceptors (Lipinski definition) is 1. The van der Waals surface area contributed by atoms with Crippen molar-refractivity contribution >= 4 is 0 Å². The molecule has 0 N–H and O–H groups in total. The number of ether oxygens (including phenoxy) is 1. The minimum atomic E-state index is 0.597. The van der Waals surface area contributed by atoms with E-state index in [2.05, 4.69) is 61.5 Å². The molecule has 0 aromatic heterocycles. The first-order chi connectivity index (χ1) is 11.3. The summed E-state index contributed by atoms with van der Waals surface area (Å²) in [5.41, 5.74) is 4.74. The topological polar surface area (TPSA) is 9.23 Å². The van der Waals surface area contributed by atoms with E-state index in [1.807, 2.05) is 38.1 Å². The highest BCUT2D eigenvalue weighted by atomic mass is 16.5. The van der Waals surface area contributed by atoms with Crippen LogP contribution < -0.4 is 4.74 Å². The fourth-order valence-corrected chi connectivity index (χ4v) is 2.30. The van der Waals surface area contributed by atoms with Gasteiger partial charge in [-0.05, 0) is 35.2 Å². The molecule has 118 valence electrons. The molecule has 3 aromatic carbocycles. The van der Waals surface area contributed by atoms with Gasteiger partial charge >= 0.3 is 0 Å². The second-order valence-electron chi connectivity index (χ2n) is 5.12. The van der Waals surface area contributed by atoms with Crippen LogP contribution in [0.3, 0.4) is 0 Å². The van der Waals surface area contributed by atoms with Gasteiger partial charge in [-0.2, -0.15) is 0 Å². The van der Waals surface area contributed by atoms with E-state index in [9.17, 15) is 0 Å². The molecule has 0 atom stereocenters. The molecule has 0 amide bonds. The summed E-state index contributed by atoms with van der Waals surface area (Å²) in [6.45, 7) is 6.68. The molecule has 23 heavy (non-hydrogen) atoms. The molecule has 1 heteroatoms. The van der Waals surface area contributed by atoms with E-state index in [4.69, 9.17) is 4.74 Å². The number of hydrogen-bond donors (Lipinski definition) is 0. The zero-order valence-corrected chi connectivity index (χ0v) is 14.1. The Kier molecular flexibility index (Phi) is 6.43. The maximum Gasteiger partial charge on any atom is 0.123 e. The summed E-state index contributed by atoms with van der Waals surface area (Å²) in [4.78, 5) is 0. The lowest BCUT2D eigenvalue weighted by molar-refractivity contribution is 0.304. The Bertz CT molecular complexity index is 703. The summed E-state index contributed by atoms with van der Waals surface area (Å²) in [5, 5.41) is 0. The quantitative estimate of drug-likeness (QED) is 0.552. The molecule has 1 nitrogen and oxygen atoms in total. The highest BCUT2D eigenvalue weighted by Gasteiger charge is 2.04. The first kappa shape index (κ1) is 16.8. The van der Waals surface area contributed by atoms with Gasteiger partial charge in [-0.15, -0.1) is 0 Å². The first-order valence-electron chi connectivity index (χ1n) is 8.16. The normalized spacial score (nSPS) is 9.70. The van der Waals surface area contributed by atoms with Crippen LogP contribution >= 0.6 is 0 Å². The average molecular weight is 304 g/mol. The van der Waals surface area contributed by atoms with Crippen molar-refractivity contribution in [1.82, 2.24) is 0 Å². The van der Waals surface area contributed by atoms with Crippen molar-refractivity contribution in [2.75, 3.05) is 0 Å².